The van der Waals surface area contributed by atoms with Gasteiger partial charge in [-0.15, -0.1) is 0 Å². The highest BCUT2D eigenvalue weighted by atomic mass is 35.6. The number of benzene rings is 1. The fourth-order valence-electron chi connectivity index (χ4n) is 2.40. The minimum Gasteiger partial charge on any atom is -0.478 e. The number of esters is 1. The van der Waals surface area contributed by atoms with Gasteiger partial charge in [0.2, 0.25) is 0 Å². The van der Waals surface area contributed by atoms with E-state index in [-0.39, 0.29) is 11.1 Å². The number of halogens is 3. The van der Waals surface area contributed by atoms with Crippen LogP contribution >= 0.6 is 34.8 Å². The monoisotopic (exact) mass is 408 g/mol. The predicted molar refractivity (Wildman–Crippen MR) is 101 cm³/mol. The smallest absolute Gasteiger partial charge is 0.339 e. The lowest BCUT2D eigenvalue weighted by Gasteiger charge is -2.09. The maximum absolute atomic E-state index is 11.9. The summed E-state index contributed by atoms with van der Waals surface area (Å²) in [6, 6.07) is 6.05. The van der Waals surface area contributed by atoms with Gasteiger partial charge in [-0.3, -0.25) is 0 Å². The van der Waals surface area contributed by atoms with Gasteiger partial charge in [0.25, 0.3) is 0 Å². The summed E-state index contributed by atoms with van der Waals surface area (Å²) in [6.07, 6.45) is 7.46. The number of carbonyl (C=O) groups is 2. The van der Waals surface area contributed by atoms with E-state index in [9.17, 15) is 9.59 Å². The fraction of sp³-hybridized carbons (Fsp3) is 0.556. The van der Waals surface area contributed by atoms with Gasteiger partial charge in [-0.25, -0.2) is 9.59 Å². The zero-order valence-corrected chi connectivity index (χ0v) is 16.2. The van der Waals surface area contributed by atoms with Crippen LogP contribution in [0, 0.1) is 0 Å². The first-order valence-corrected chi connectivity index (χ1v) is 9.51. The Bertz CT molecular complexity index is 555. The Balaban J connectivity index is 2.10. The van der Waals surface area contributed by atoms with Gasteiger partial charge in [-0.1, -0.05) is 79.0 Å². The van der Waals surface area contributed by atoms with Crippen LogP contribution in [0.5, 0.6) is 0 Å². The van der Waals surface area contributed by atoms with E-state index in [0.29, 0.717) is 13.0 Å². The van der Waals surface area contributed by atoms with Crippen LogP contribution in [-0.4, -0.2) is 27.4 Å². The molecule has 25 heavy (non-hydrogen) atoms. The van der Waals surface area contributed by atoms with Gasteiger partial charge < -0.3 is 9.84 Å². The third-order valence-electron chi connectivity index (χ3n) is 3.72. The van der Waals surface area contributed by atoms with Crippen LogP contribution in [0.25, 0.3) is 0 Å². The minimum atomic E-state index is -1.15. The van der Waals surface area contributed by atoms with Crippen molar-refractivity contribution in [1.29, 1.82) is 0 Å². The third kappa shape index (κ3) is 9.93. The first kappa shape index (κ1) is 22.1. The van der Waals surface area contributed by atoms with Crippen molar-refractivity contribution in [1.82, 2.24) is 0 Å². The Morgan fingerprint density at radius 1 is 0.880 bits per heavy atom. The topological polar surface area (TPSA) is 63.6 Å². The summed E-state index contributed by atoms with van der Waals surface area (Å²) in [5, 5.41) is 9.06. The zero-order chi connectivity index (χ0) is 18.7. The number of aromatic carboxylic acids is 1. The highest BCUT2D eigenvalue weighted by Gasteiger charge is 2.18. The lowest BCUT2D eigenvalue weighted by atomic mass is 10.1. The molecule has 140 valence electrons. The first-order chi connectivity index (χ1) is 11.8. The molecule has 0 amide bonds. The van der Waals surface area contributed by atoms with E-state index >= 15 is 0 Å². The van der Waals surface area contributed by atoms with E-state index in [1.165, 1.54) is 12.1 Å². The van der Waals surface area contributed by atoms with E-state index in [1.807, 2.05) is 0 Å². The predicted octanol–water partition coefficient (Wildman–Crippen LogP) is 6.03. The highest BCUT2D eigenvalue weighted by Crippen LogP contribution is 2.32. The molecule has 7 heteroatoms. The number of hydrogen-bond acceptors (Lipinski definition) is 3. The SMILES string of the molecule is O=C(O)c1ccccc1C(=O)OCCCCCCCCCC(Cl)(Cl)Cl. The second-order valence-electron chi connectivity index (χ2n) is 5.83. The summed E-state index contributed by atoms with van der Waals surface area (Å²) in [5.74, 6) is -1.73. The molecule has 0 aromatic heterocycles. The summed E-state index contributed by atoms with van der Waals surface area (Å²) in [4.78, 5) is 23.0. The van der Waals surface area contributed by atoms with Gasteiger partial charge >= 0.3 is 11.9 Å². The number of hydrogen-bond donors (Lipinski definition) is 1. The molecule has 0 saturated heterocycles. The first-order valence-electron chi connectivity index (χ1n) is 8.37. The van der Waals surface area contributed by atoms with E-state index < -0.39 is 15.7 Å². The molecule has 0 aliphatic carbocycles. The molecule has 1 aromatic carbocycles. The quantitative estimate of drug-likeness (QED) is 0.275. The van der Waals surface area contributed by atoms with Crippen molar-refractivity contribution in [3.63, 3.8) is 0 Å². The molecule has 0 radical (unpaired) electrons. The number of rotatable bonds is 11. The Labute approximate surface area is 163 Å². The van der Waals surface area contributed by atoms with E-state index in [0.717, 1.165) is 44.9 Å². The summed E-state index contributed by atoms with van der Waals surface area (Å²) in [7, 11) is 0. The molecule has 0 atom stereocenters. The largest absolute Gasteiger partial charge is 0.478 e. The van der Waals surface area contributed by atoms with Crippen molar-refractivity contribution in [2.45, 2.75) is 55.2 Å². The standard InChI is InChI=1S/C18H23Cl3O4/c19-18(20,21)12-8-4-2-1-3-5-9-13-25-17(24)15-11-7-6-10-14(15)16(22)23/h6-7,10-11H,1-5,8-9,12-13H2,(H,22,23). The van der Waals surface area contributed by atoms with Gasteiger partial charge in [0.05, 0.1) is 17.7 Å². The Morgan fingerprint density at radius 3 is 1.96 bits per heavy atom. The second-order valence-corrected chi connectivity index (χ2v) is 8.34. The molecule has 0 aliphatic heterocycles. The van der Waals surface area contributed by atoms with Gasteiger partial charge in [0.1, 0.15) is 0 Å². The number of carboxylic acid groups (broad SMARTS) is 1. The lowest BCUT2D eigenvalue weighted by molar-refractivity contribution is 0.0487. The van der Waals surface area contributed by atoms with Crippen molar-refractivity contribution in [2.24, 2.45) is 0 Å². The summed E-state index contributed by atoms with van der Waals surface area (Å²) >= 11 is 17.1. The third-order valence-corrected chi connectivity index (χ3v) is 4.28. The van der Waals surface area contributed by atoms with Gasteiger partial charge in [0.15, 0.2) is 3.79 Å². The summed E-state index contributed by atoms with van der Waals surface area (Å²) < 4.78 is 4.01. The molecule has 0 heterocycles. The average Bonchev–Trinajstić information content (AvgIpc) is 2.55. The second kappa shape index (κ2) is 11.6. The van der Waals surface area contributed by atoms with Crippen LogP contribution in [0.2, 0.25) is 0 Å². The van der Waals surface area contributed by atoms with Crippen LogP contribution in [-0.2, 0) is 4.74 Å². The van der Waals surface area contributed by atoms with Crippen molar-refractivity contribution in [3.8, 4) is 0 Å². The normalized spacial score (nSPS) is 11.3. The Morgan fingerprint density at radius 2 is 1.40 bits per heavy atom. The van der Waals surface area contributed by atoms with Crippen molar-refractivity contribution < 1.29 is 19.4 Å². The molecule has 0 fully saturated rings. The zero-order valence-electron chi connectivity index (χ0n) is 14.0. The van der Waals surface area contributed by atoms with Crippen molar-refractivity contribution in [3.05, 3.63) is 35.4 Å². The number of alkyl halides is 3. The number of carbonyl (C=O) groups excluding carboxylic acids is 1. The van der Waals surface area contributed by atoms with Gasteiger partial charge in [0, 0.05) is 0 Å². The molecule has 0 saturated carbocycles. The molecule has 0 spiro atoms. The molecule has 0 aliphatic rings. The van der Waals surface area contributed by atoms with E-state index in [2.05, 4.69) is 0 Å². The maximum Gasteiger partial charge on any atom is 0.339 e. The molecular weight excluding hydrogens is 387 g/mol. The van der Waals surface area contributed by atoms with E-state index in [4.69, 9.17) is 44.6 Å². The molecule has 1 aromatic rings. The number of ether oxygens (including phenoxy) is 1. The molecular formula is C18H23Cl3O4. The average molecular weight is 410 g/mol. The molecule has 0 unspecified atom stereocenters. The lowest BCUT2D eigenvalue weighted by Crippen LogP contribution is -2.12. The Hall–Kier alpha value is -0.970. The molecule has 1 rings (SSSR count). The van der Waals surface area contributed by atoms with Crippen LogP contribution in [0.4, 0.5) is 0 Å². The van der Waals surface area contributed by atoms with Crippen LogP contribution in [0.3, 0.4) is 0 Å². The number of carboxylic acids is 1. The van der Waals surface area contributed by atoms with Crippen LogP contribution < -0.4 is 0 Å². The highest BCUT2D eigenvalue weighted by molar-refractivity contribution is 6.67. The fourth-order valence-corrected chi connectivity index (χ4v) is 2.80. The maximum atomic E-state index is 11.9. The minimum absolute atomic E-state index is 0.0395. The van der Waals surface area contributed by atoms with Gasteiger partial charge in [-0.05, 0) is 31.4 Å². The Kier molecular flexibility index (Phi) is 10.2. The van der Waals surface area contributed by atoms with Crippen molar-refractivity contribution >= 4 is 46.7 Å². The van der Waals surface area contributed by atoms with E-state index in [1.54, 1.807) is 12.1 Å². The molecule has 0 bridgehead atoms. The van der Waals surface area contributed by atoms with Gasteiger partial charge in [-0.2, -0.15) is 0 Å². The van der Waals surface area contributed by atoms with Crippen LogP contribution in [0.15, 0.2) is 24.3 Å². The molecule has 1 N–H and O–H groups in total. The summed E-state index contributed by atoms with van der Waals surface area (Å²) in [5.41, 5.74) is 0.0475. The summed E-state index contributed by atoms with van der Waals surface area (Å²) in [6.45, 7) is 0.292. The molecule has 4 nitrogen and oxygen atoms in total. The van der Waals surface area contributed by atoms with Crippen LogP contribution in [0.1, 0.15) is 72.1 Å². The number of unbranched alkanes of at least 4 members (excludes halogenated alkanes) is 6. The van der Waals surface area contributed by atoms with Crippen molar-refractivity contribution in [2.75, 3.05) is 6.61 Å².